The molecule has 18 heavy (non-hydrogen) atoms. The molecule has 1 rings (SSSR count). The van der Waals surface area contributed by atoms with Crippen LogP contribution >= 0.6 is 0 Å². The quantitative estimate of drug-likeness (QED) is 0.835. The Kier molecular flexibility index (Phi) is 4.38. The van der Waals surface area contributed by atoms with Crippen molar-refractivity contribution in [3.8, 4) is 0 Å². The number of aliphatic carboxylic acids is 1. The Labute approximate surface area is 110 Å². The second-order valence-electron chi connectivity index (χ2n) is 6.06. The first-order valence-corrected chi connectivity index (χ1v) is 6.35. The average Bonchev–Trinajstić information content (AvgIpc) is 2.24. The van der Waals surface area contributed by atoms with Crippen LogP contribution < -0.4 is 0 Å². The third-order valence-corrected chi connectivity index (χ3v) is 3.89. The van der Waals surface area contributed by atoms with E-state index in [1.807, 2.05) is 39.8 Å². The van der Waals surface area contributed by atoms with Gasteiger partial charge in [0.25, 0.3) is 0 Å². The van der Waals surface area contributed by atoms with E-state index >= 15 is 0 Å². The van der Waals surface area contributed by atoms with E-state index in [-0.39, 0.29) is 11.3 Å². The normalized spacial score (nSPS) is 28.1. The molecule has 0 aromatic carbocycles. The van der Waals surface area contributed by atoms with Gasteiger partial charge in [0.2, 0.25) is 0 Å². The van der Waals surface area contributed by atoms with Crippen molar-refractivity contribution < 1.29 is 14.6 Å². The van der Waals surface area contributed by atoms with Gasteiger partial charge in [0, 0.05) is 13.7 Å². The number of methoxy groups -OCH3 is 1. The Morgan fingerprint density at radius 2 is 2.11 bits per heavy atom. The van der Waals surface area contributed by atoms with Crippen molar-refractivity contribution in [1.82, 2.24) is 0 Å². The van der Waals surface area contributed by atoms with E-state index in [4.69, 9.17) is 4.74 Å². The summed E-state index contributed by atoms with van der Waals surface area (Å²) in [5.74, 6) is -0.781. The van der Waals surface area contributed by atoms with Crippen LogP contribution in [0.1, 0.15) is 34.1 Å². The lowest BCUT2D eigenvalue weighted by Gasteiger charge is -2.45. The summed E-state index contributed by atoms with van der Waals surface area (Å²) in [6.45, 7) is 8.54. The van der Waals surface area contributed by atoms with Crippen LogP contribution in [-0.4, -0.2) is 24.8 Å². The maximum atomic E-state index is 11.9. The summed E-state index contributed by atoms with van der Waals surface area (Å²) >= 11 is 0. The van der Waals surface area contributed by atoms with Crippen molar-refractivity contribution in [2.24, 2.45) is 16.7 Å². The minimum absolute atomic E-state index is 0.0278. The minimum atomic E-state index is -0.856. The van der Waals surface area contributed by atoms with Crippen LogP contribution in [-0.2, 0) is 9.53 Å². The molecule has 0 saturated carbocycles. The van der Waals surface area contributed by atoms with E-state index in [9.17, 15) is 9.90 Å². The van der Waals surface area contributed by atoms with Crippen LogP contribution in [0.15, 0.2) is 23.8 Å². The van der Waals surface area contributed by atoms with Crippen molar-refractivity contribution >= 4 is 5.97 Å². The van der Waals surface area contributed by atoms with Gasteiger partial charge in [0.1, 0.15) is 0 Å². The molecule has 3 heteroatoms. The monoisotopic (exact) mass is 252 g/mol. The zero-order valence-electron chi connectivity index (χ0n) is 12.0. The van der Waals surface area contributed by atoms with Gasteiger partial charge in [-0.1, -0.05) is 44.6 Å². The number of ether oxygens (including phenoxy) is 1. The van der Waals surface area contributed by atoms with E-state index in [2.05, 4.69) is 6.08 Å². The summed E-state index contributed by atoms with van der Waals surface area (Å²) in [5.41, 5.74) is -0.0760. The Morgan fingerprint density at radius 3 is 2.56 bits per heavy atom. The summed E-state index contributed by atoms with van der Waals surface area (Å²) in [4.78, 5) is 11.9. The largest absolute Gasteiger partial charge is 0.481 e. The average molecular weight is 252 g/mol. The van der Waals surface area contributed by atoms with Gasteiger partial charge < -0.3 is 9.84 Å². The van der Waals surface area contributed by atoms with Gasteiger partial charge in [-0.25, -0.2) is 0 Å². The summed E-state index contributed by atoms with van der Waals surface area (Å²) in [6, 6.07) is 0. The van der Waals surface area contributed by atoms with Gasteiger partial charge in [0.15, 0.2) is 0 Å². The number of allylic oxidation sites excluding steroid dienone is 3. The lowest BCUT2D eigenvalue weighted by atomic mass is 9.57. The number of carboxylic acid groups (broad SMARTS) is 1. The number of carboxylic acids is 1. The number of carbonyl (C=O) groups is 1. The summed E-state index contributed by atoms with van der Waals surface area (Å²) in [7, 11) is 1.65. The highest BCUT2D eigenvalue weighted by molar-refractivity contribution is 5.79. The molecule has 0 saturated heterocycles. The molecule has 0 aliphatic heterocycles. The Morgan fingerprint density at radius 1 is 1.50 bits per heavy atom. The van der Waals surface area contributed by atoms with Crippen LogP contribution in [0.4, 0.5) is 0 Å². The zero-order chi connectivity index (χ0) is 14.0. The van der Waals surface area contributed by atoms with Gasteiger partial charge in [-0.3, -0.25) is 4.79 Å². The molecule has 0 aromatic rings. The molecule has 0 spiro atoms. The third-order valence-electron chi connectivity index (χ3n) is 3.89. The zero-order valence-corrected chi connectivity index (χ0v) is 12.0. The third kappa shape index (κ3) is 2.51. The van der Waals surface area contributed by atoms with Crippen LogP contribution in [0.2, 0.25) is 0 Å². The van der Waals surface area contributed by atoms with E-state index in [0.29, 0.717) is 6.61 Å². The van der Waals surface area contributed by atoms with Crippen molar-refractivity contribution in [2.45, 2.75) is 34.1 Å². The molecule has 0 radical (unpaired) electrons. The van der Waals surface area contributed by atoms with Crippen molar-refractivity contribution in [1.29, 1.82) is 0 Å². The molecule has 0 heterocycles. The van der Waals surface area contributed by atoms with Crippen molar-refractivity contribution in [3.05, 3.63) is 23.8 Å². The van der Waals surface area contributed by atoms with Crippen LogP contribution in [0, 0.1) is 16.7 Å². The molecule has 0 aromatic heterocycles. The van der Waals surface area contributed by atoms with E-state index < -0.39 is 11.4 Å². The minimum Gasteiger partial charge on any atom is -0.481 e. The first-order chi connectivity index (χ1) is 8.25. The molecule has 3 nitrogen and oxygen atoms in total. The molecule has 0 bridgehead atoms. The van der Waals surface area contributed by atoms with Crippen LogP contribution in [0.5, 0.6) is 0 Å². The van der Waals surface area contributed by atoms with Crippen LogP contribution in [0.3, 0.4) is 0 Å². The van der Waals surface area contributed by atoms with E-state index in [1.165, 1.54) is 0 Å². The van der Waals surface area contributed by atoms with E-state index in [0.717, 1.165) is 12.0 Å². The highest BCUT2D eigenvalue weighted by Crippen LogP contribution is 2.50. The lowest BCUT2D eigenvalue weighted by Crippen LogP contribution is -2.48. The van der Waals surface area contributed by atoms with Crippen LogP contribution in [0.25, 0.3) is 0 Å². The van der Waals surface area contributed by atoms with Gasteiger partial charge >= 0.3 is 5.97 Å². The van der Waals surface area contributed by atoms with Crippen molar-refractivity contribution in [2.75, 3.05) is 13.7 Å². The smallest absolute Gasteiger partial charge is 0.314 e. The Balaban J connectivity index is 3.21. The second kappa shape index (κ2) is 5.27. The second-order valence-corrected chi connectivity index (χ2v) is 6.06. The maximum absolute atomic E-state index is 11.9. The Hall–Kier alpha value is -1.09. The van der Waals surface area contributed by atoms with Gasteiger partial charge in [-0.15, -0.1) is 0 Å². The number of rotatable bonds is 4. The summed E-state index contributed by atoms with van der Waals surface area (Å²) in [5, 5.41) is 9.76. The summed E-state index contributed by atoms with van der Waals surface area (Å²) in [6.07, 6.45) is 6.58. The SMILES string of the molecule is COCCC1C=C(C)C=CC1(C(=O)O)C(C)(C)C. The standard InChI is InChI=1S/C15H24O3/c1-11-6-8-15(13(16)17,14(2,3)4)12(10-11)7-9-18-5/h6,8,10,12H,7,9H2,1-5H3,(H,16,17). The topological polar surface area (TPSA) is 46.5 Å². The van der Waals surface area contributed by atoms with Gasteiger partial charge in [-0.2, -0.15) is 0 Å². The predicted octanol–water partition coefficient (Wildman–Crippen LogP) is 3.27. The summed E-state index contributed by atoms with van der Waals surface area (Å²) < 4.78 is 5.12. The van der Waals surface area contributed by atoms with Gasteiger partial charge in [-0.05, 0) is 24.7 Å². The van der Waals surface area contributed by atoms with E-state index in [1.54, 1.807) is 7.11 Å². The highest BCUT2D eigenvalue weighted by Gasteiger charge is 2.52. The predicted molar refractivity (Wildman–Crippen MR) is 72.4 cm³/mol. The maximum Gasteiger partial charge on any atom is 0.314 e. The lowest BCUT2D eigenvalue weighted by molar-refractivity contribution is -0.155. The molecule has 0 fully saturated rings. The molecule has 1 aliphatic carbocycles. The molecule has 0 amide bonds. The number of hydrogen-bond acceptors (Lipinski definition) is 2. The molecular formula is C15H24O3. The fourth-order valence-corrected chi connectivity index (χ4v) is 2.80. The fraction of sp³-hybridized carbons (Fsp3) is 0.667. The first kappa shape index (κ1) is 15.0. The molecule has 1 aliphatic rings. The van der Waals surface area contributed by atoms with Gasteiger partial charge in [0.05, 0.1) is 5.41 Å². The molecule has 1 N–H and O–H groups in total. The number of hydrogen-bond donors (Lipinski definition) is 1. The fourth-order valence-electron chi connectivity index (χ4n) is 2.80. The molecule has 102 valence electrons. The first-order valence-electron chi connectivity index (χ1n) is 6.35. The van der Waals surface area contributed by atoms with Crippen molar-refractivity contribution in [3.63, 3.8) is 0 Å². The Bertz CT molecular complexity index is 374. The molecular weight excluding hydrogens is 228 g/mol. The molecule has 2 atom stereocenters. The highest BCUT2D eigenvalue weighted by atomic mass is 16.5. The molecule has 2 unspecified atom stereocenters.